The predicted octanol–water partition coefficient (Wildman–Crippen LogP) is 3.83. The minimum absolute atomic E-state index is 0.0113. The molecule has 0 radical (unpaired) electrons. The Labute approximate surface area is 186 Å². The molecule has 0 spiro atoms. The van der Waals surface area contributed by atoms with E-state index >= 15 is 0 Å². The molecule has 162 valence electrons. The molecule has 0 saturated heterocycles. The Morgan fingerprint density at radius 3 is 2.78 bits per heavy atom. The number of hydrogen-bond donors (Lipinski definition) is 2. The number of carbonyl (C=O) groups is 1. The normalized spacial score (nSPS) is 16.1. The minimum Gasteiger partial charge on any atom is -0.384 e. The molecule has 2 N–H and O–H groups in total. The highest BCUT2D eigenvalue weighted by molar-refractivity contribution is 5.99. The molecule has 0 aliphatic carbocycles. The summed E-state index contributed by atoms with van der Waals surface area (Å²) in [7, 11) is 0. The number of nitrogens with zero attached hydrogens (tertiary/aromatic N) is 4. The number of hydrogen-bond acceptors (Lipinski definition) is 5. The SMILES string of the molecule is Cc1ccnc(C(C)(C)O)c1CC1c2ccccc2C(=O)N1Cc1ccc2[nH]nnc2c1. The van der Waals surface area contributed by atoms with Crippen LogP contribution in [0.1, 0.15) is 58.2 Å². The van der Waals surface area contributed by atoms with Gasteiger partial charge in [0.1, 0.15) is 11.1 Å². The number of amides is 1. The van der Waals surface area contributed by atoms with Gasteiger partial charge < -0.3 is 10.0 Å². The predicted molar refractivity (Wildman–Crippen MR) is 121 cm³/mol. The summed E-state index contributed by atoms with van der Waals surface area (Å²) in [5.74, 6) is 0.0113. The minimum atomic E-state index is -1.08. The zero-order valence-electron chi connectivity index (χ0n) is 18.3. The zero-order valence-corrected chi connectivity index (χ0v) is 18.3. The van der Waals surface area contributed by atoms with Crippen LogP contribution in [0, 0.1) is 6.92 Å². The number of pyridine rings is 1. The number of aromatic nitrogens is 4. The highest BCUT2D eigenvalue weighted by atomic mass is 16.3. The van der Waals surface area contributed by atoms with Gasteiger partial charge in [-0.15, -0.1) is 5.10 Å². The number of rotatable bonds is 5. The van der Waals surface area contributed by atoms with E-state index in [1.807, 2.05) is 60.4 Å². The average molecular weight is 428 g/mol. The van der Waals surface area contributed by atoms with Gasteiger partial charge in [0, 0.05) is 18.3 Å². The first-order valence-corrected chi connectivity index (χ1v) is 10.7. The third kappa shape index (κ3) is 3.44. The molecule has 4 aromatic rings. The van der Waals surface area contributed by atoms with Crippen LogP contribution in [0.15, 0.2) is 54.7 Å². The van der Waals surface area contributed by atoms with Crippen molar-refractivity contribution >= 4 is 16.9 Å². The van der Waals surface area contributed by atoms with Crippen molar-refractivity contribution in [3.63, 3.8) is 0 Å². The highest BCUT2D eigenvalue weighted by Gasteiger charge is 2.38. The van der Waals surface area contributed by atoms with Crippen LogP contribution in [0.4, 0.5) is 0 Å². The molecule has 1 unspecified atom stereocenters. The number of aryl methyl sites for hydroxylation is 1. The van der Waals surface area contributed by atoms with Crippen LogP contribution in [-0.4, -0.2) is 36.3 Å². The standard InChI is InChI=1S/C25H25N5O2/c1-15-10-11-26-23(25(2,3)32)19(15)13-22-17-6-4-5-7-18(17)24(31)30(22)14-16-8-9-20-21(12-16)28-29-27-20/h4-12,22,32H,13-14H2,1-3H3,(H,27,28,29). The number of benzene rings is 2. The van der Waals surface area contributed by atoms with E-state index in [1.54, 1.807) is 20.0 Å². The largest absolute Gasteiger partial charge is 0.384 e. The lowest BCUT2D eigenvalue weighted by Gasteiger charge is -2.29. The van der Waals surface area contributed by atoms with Crippen molar-refractivity contribution in [1.82, 2.24) is 25.3 Å². The maximum absolute atomic E-state index is 13.4. The van der Waals surface area contributed by atoms with Crippen molar-refractivity contribution < 1.29 is 9.90 Å². The number of nitrogens with one attached hydrogen (secondary N) is 1. The summed E-state index contributed by atoms with van der Waals surface area (Å²) in [5.41, 5.74) is 5.96. The van der Waals surface area contributed by atoms with Crippen LogP contribution in [0.5, 0.6) is 0 Å². The fraction of sp³-hybridized carbons (Fsp3) is 0.280. The monoisotopic (exact) mass is 427 g/mol. The fourth-order valence-electron chi connectivity index (χ4n) is 4.60. The zero-order chi connectivity index (χ0) is 22.5. The van der Waals surface area contributed by atoms with Gasteiger partial charge in [-0.1, -0.05) is 29.5 Å². The van der Waals surface area contributed by atoms with Crippen molar-refractivity contribution in [1.29, 1.82) is 0 Å². The topological polar surface area (TPSA) is 95.0 Å². The van der Waals surface area contributed by atoms with Crippen LogP contribution in [-0.2, 0) is 18.6 Å². The van der Waals surface area contributed by atoms with Crippen molar-refractivity contribution in [3.8, 4) is 0 Å². The first-order chi connectivity index (χ1) is 15.3. The van der Waals surface area contributed by atoms with E-state index in [4.69, 9.17) is 0 Å². The molecule has 2 aromatic carbocycles. The van der Waals surface area contributed by atoms with Crippen LogP contribution in [0.3, 0.4) is 0 Å². The first-order valence-electron chi connectivity index (χ1n) is 10.7. The third-order valence-electron chi connectivity index (χ3n) is 6.20. The summed E-state index contributed by atoms with van der Waals surface area (Å²) < 4.78 is 0. The summed E-state index contributed by atoms with van der Waals surface area (Å²) in [5, 5.41) is 21.5. The number of carbonyl (C=O) groups excluding carboxylic acids is 1. The van der Waals surface area contributed by atoms with Crippen LogP contribution in [0.2, 0.25) is 0 Å². The van der Waals surface area contributed by atoms with Crippen molar-refractivity contribution in [3.05, 3.63) is 88.2 Å². The Kier molecular flexibility index (Phi) is 4.78. The fourth-order valence-corrected chi connectivity index (χ4v) is 4.60. The smallest absolute Gasteiger partial charge is 0.255 e. The van der Waals surface area contributed by atoms with Gasteiger partial charge >= 0.3 is 0 Å². The van der Waals surface area contributed by atoms with Gasteiger partial charge in [0.15, 0.2) is 0 Å². The molecular formula is C25H25N5O2. The van der Waals surface area contributed by atoms with Gasteiger partial charge in [-0.2, -0.15) is 0 Å². The van der Waals surface area contributed by atoms with Crippen LogP contribution >= 0.6 is 0 Å². The Hall–Kier alpha value is -3.58. The second-order valence-electron chi connectivity index (χ2n) is 8.92. The van der Waals surface area contributed by atoms with Gasteiger partial charge in [-0.05, 0) is 73.7 Å². The molecule has 0 bridgehead atoms. The summed E-state index contributed by atoms with van der Waals surface area (Å²) in [6.45, 7) is 5.98. The molecular weight excluding hydrogens is 402 g/mol. The Morgan fingerprint density at radius 2 is 1.97 bits per heavy atom. The molecule has 1 atom stereocenters. The van der Waals surface area contributed by atoms with E-state index < -0.39 is 5.60 Å². The molecule has 1 aliphatic rings. The maximum Gasteiger partial charge on any atom is 0.255 e. The van der Waals surface area contributed by atoms with Gasteiger partial charge in [0.05, 0.1) is 17.3 Å². The second-order valence-corrected chi connectivity index (χ2v) is 8.92. The Bertz CT molecular complexity index is 1320. The maximum atomic E-state index is 13.4. The second kappa shape index (κ2) is 7.53. The molecule has 7 nitrogen and oxygen atoms in total. The van der Waals surface area contributed by atoms with E-state index in [2.05, 4.69) is 20.4 Å². The van der Waals surface area contributed by atoms with E-state index in [0.29, 0.717) is 18.7 Å². The van der Waals surface area contributed by atoms with Crippen molar-refractivity contribution in [2.75, 3.05) is 0 Å². The van der Waals surface area contributed by atoms with E-state index in [-0.39, 0.29) is 11.9 Å². The molecule has 7 heteroatoms. The Balaban J connectivity index is 1.56. The van der Waals surface area contributed by atoms with E-state index in [1.165, 1.54) is 0 Å². The molecule has 1 amide bonds. The van der Waals surface area contributed by atoms with E-state index in [9.17, 15) is 9.90 Å². The number of H-pyrrole nitrogens is 1. The summed E-state index contributed by atoms with van der Waals surface area (Å²) in [6.07, 6.45) is 2.30. The third-order valence-corrected chi connectivity index (χ3v) is 6.20. The van der Waals surface area contributed by atoms with Gasteiger partial charge in [-0.3, -0.25) is 14.9 Å². The molecule has 0 fully saturated rings. The lowest BCUT2D eigenvalue weighted by Crippen LogP contribution is -2.30. The lowest BCUT2D eigenvalue weighted by atomic mass is 9.89. The molecule has 3 heterocycles. The summed E-state index contributed by atoms with van der Waals surface area (Å²) in [6, 6.07) is 15.5. The van der Waals surface area contributed by atoms with Gasteiger partial charge in [0.2, 0.25) is 0 Å². The van der Waals surface area contributed by atoms with Crippen LogP contribution in [0.25, 0.3) is 11.0 Å². The quantitative estimate of drug-likeness (QED) is 0.505. The number of aliphatic hydroxyl groups is 1. The summed E-state index contributed by atoms with van der Waals surface area (Å²) >= 11 is 0. The highest BCUT2D eigenvalue weighted by Crippen LogP contribution is 2.39. The average Bonchev–Trinajstić information content (AvgIpc) is 3.33. The lowest BCUT2D eigenvalue weighted by molar-refractivity contribution is 0.0687. The molecule has 5 rings (SSSR count). The number of fused-ring (bicyclic) bond motifs is 2. The molecule has 32 heavy (non-hydrogen) atoms. The van der Waals surface area contributed by atoms with Crippen LogP contribution < -0.4 is 0 Å². The van der Waals surface area contributed by atoms with Crippen molar-refractivity contribution in [2.45, 2.75) is 45.4 Å². The molecule has 0 saturated carbocycles. The molecule has 2 aromatic heterocycles. The van der Waals surface area contributed by atoms with E-state index in [0.717, 1.165) is 38.9 Å². The Morgan fingerprint density at radius 1 is 1.16 bits per heavy atom. The number of aromatic amines is 1. The first kappa shape index (κ1) is 20.3. The van der Waals surface area contributed by atoms with Gasteiger partial charge in [-0.25, -0.2) is 0 Å². The summed E-state index contributed by atoms with van der Waals surface area (Å²) in [4.78, 5) is 19.8. The van der Waals surface area contributed by atoms with Gasteiger partial charge in [0.25, 0.3) is 5.91 Å². The molecule has 1 aliphatic heterocycles. The van der Waals surface area contributed by atoms with Crippen molar-refractivity contribution in [2.24, 2.45) is 0 Å².